The number of hydrogen-bond acceptors (Lipinski definition) is 5. The number of anilines is 2. The van der Waals surface area contributed by atoms with E-state index in [0.29, 0.717) is 22.9 Å². The Morgan fingerprint density at radius 1 is 1.00 bits per heavy atom. The molecule has 8 nitrogen and oxygen atoms in total. The fourth-order valence-electron chi connectivity index (χ4n) is 2.53. The van der Waals surface area contributed by atoms with Gasteiger partial charge in [-0.25, -0.2) is 9.67 Å². The number of benzene rings is 2. The Balaban J connectivity index is 1.72. The van der Waals surface area contributed by atoms with Gasteiger partial charge in [-0.05, 0) is 55.5 Å². The molecule has 1 heterocycles. The Bertz CT molecular complexity index is 1020. The van der Waals surface area contributed by atoms with Crippen molar-refractivity contribution in [2.24, 2.45) is 0 Å². The van der Waals surface area contributed by atoms with E-state index in [1.165, 1.54) is 35.9 Å². The summed E-state index contributed by atoms with van der Waals surface area (Å²) in [6.45, 7) is 0.158. The van der Waals surface area contributed by atoms with E-state index in [1.54, 1.807) is 31.2 Å². The third-order valence-electron chi connectivity index (χ3n) is 3.74. The van der Waals surface area contributed by atoms with Crippen molar-refractivity contribution in [3.63, 3.8) is 0 Å². The molecule has 0 aliphatic carbocycles. The molecule has 0 unspecified atom stereocenters. The van der Waals surface area contributed by atoms with Crippen molar-refractivity contribution in [2.75, 3.05) is 10.6 Å². The zero-order valence-corrected chi connectivity index (χ0v) is 15.5. The van der Waals surface area contributed by atoms with Crippen LogP contribution in [-0.2, 0) is 4.79 Å². The van der Waals surface area contributed by atoms with Crippen LogP contribution in [0.15, 0.2) is 48.5 Å². The SMILES string of the molecule is CC(=O)Nc1ccc(NC(=O)c2nc(C)n(-c3ccc(OC(F)F)cc3)n2)cc1. The van der Waals surface area contributed by atoms with Crippen molar-refractivity contribution in [2.45, 2.75) is 20.5 Å². The standard InChI is InChI=1S/C19H17F2N5O3/c1-11-22-17(18(28)24-14-5-3-13(4-6-14)23-12(2)27)25-26(11)15-7-9-16(10-8-15)29-19(20)21/h3-10,19H,1-2H3,(H,23,27)(H,24,28). The lowest BCUT2D eigenvalue weighted by Crippen LogP contribution is -2.14. The van der Waals surface area contributed by atoms with E-state index >= 15 is 0 Å². The highest BCUT2D eigenvalue weighted by molar-refractivity contribution is 6.01. The molecule has 0 aliphatic heterocycles. The van der Waals surface area contributed by atoms with Crippen LogP contribution in [0.25, 0.3) is 5.69 Å². The first-order valence-electron chi connectivity index (χ1n) is 8.50. The summed E-state index contributed by atoms with van der Waals surface area (Å²) in [5.74, 6) is -0.306. The second-order valence-electron chi connectivity index (χ2n) is 5.98. The smallest absolute Gasteiger partial charge is 0.387 e. The minimum atomic E-state index is -2.91. The molecule has 0 aliphatic rings. The first-order chi connectivity index (χ1) is 13.8. The van der Waals surface area contributed by atoms with Gasteiger partial charge in [0.2, 0.25) is 11.7 Å². The van der Waals surface area contributed by atoms with Crippen molar-refractivity contribution in [3.05, 3.63) is 60.2 Å². The molecule has 29 heavy (non-hydrogen) atoms. The van der Waals surface area contributed by atoms with Crippen LogP contribution in [0.4, 0.5) is 20.2 Å². The van der Waals surface area contributed by atoms with E-state index in [2.05, 4.69) is 25.5 Å². The second-order valence-corrected chi connectivity index (χ2v) is 5.98. The number of aryl methyl sites for hydroxylation is 1. The number of ether oxygens (including phenoxy) is 1. The molecule has 10 heteroatoms. The number of nitrogens with one attached hydrogen (secondary N) is 2. The number of aromatic nitrogens is 3. The van der Waals surface area contributed by atoms with Crippen LogP contribution in [0.2, 0.25) is 0 Å². The maximum absolute atomic E-state index is 12.4. The Morgan fingerprint density at radius 3 is 2.14 bits per heavy atom. The van der Waals surface area contributed by atoms with Crippen molar-refractivity contribution in [1.29, 1.82) is 0 Å². The van der Waals surface area contributed by atoms with Gasteiger partial charge in [0.1, 0.15) is 11.6 Å². The van der Waals surface area contributed by atoms with Gasteiger partial charge >= 0.3 is 6.61 Å². The van der Waals surface area contributed by atoms with Crippen LogP contribution in [0.1, 0.15) is 23.4 Å². The summed E-state index contributed by atoms with van der Waals surface area (Å²) in [6, 6.07) is 12.4. The first-order valence-corrected chi connectivity index (χ1v) is 8.50. The van der Waals surface area contributed by atoms with Crippen molar-refractivity contribution >= 4 is 23.2 Å². The van der Waals surface area contributed by atoms with Gasteiger partial charge in [0.25, 0.3) is 5.91 Å². The monoisotopic (exact) mass is 401 g/mol. The van der Waals surface area contributed by atoms with Gasteiger partial charge in [0.15, 0.2) is 0 Å². The van der Waals surface area contributed by atoms with Crippen LogP contribution in [0.5, 0.6) is 5.75 Å². The van der Waals surface area contributed by atoms with E-state index in [-0.39, 0.29) is 17.5 Å². The maximum atomic E-state index is 12.4. The molecule has 0 saturated heterocycles. The summed E-state index contributed by atoms with van der Waals surface area (Å²) in [5, 5.41) is 9.47. The molecule has 2 N–H and O–H groups in total. The van der Waals surface area contributed by atoms with Crippen LogP contribution < -0.4 is 15.4 Å². The second kappa shape index (κ2) is 8.46. The Labute approximate surface area is 164 Å². The minimum Gasteiger partial charge on any atom is -0.435 e. The molecule has 3 rings (SSSR count). The van der Waals surface area contributed by atoms with Gasteiger partial charge in [-0.15, -0.1) is 5.10 Å². The molecule has 0 radical (unpaired) electrons. The third-order valence-corrected chi connectivity index (χ3v) is 3.74. The third kappa shape index (κ3) is 5.12. The summed E-state index contributed by atoms with van der Waals surface area (Å²) in [5.41, 5.74) is 1.65. The maximum Gasteiger partial charge on any atom is 0.387 e. The van der Waals surface area contributed by atoms with Crippen LogP contribution in [0.3, 0.4) is 0 Å². The van der Waals surface area contributed by atoms with E-state index in [4.69, 9.17) is 0 Å². The number of amides is 2. The van der Waals surface area contributed by atoms with Gasteiger partial charge < -0.3 is 15.4 Å². The summed E-state index contributed by atoms with van der Waals surface area (Å²) in [4.78, 5) is 27.6. The Morgan fingerprint density at radius 2 is 1.59 bits per heavy atom. The largest absolute Gasteiger partial charge is 0.435 e. The molecule has 3 aromatic rings. The fraction of sp³-hybridized carbons (Fsp3) is 0.158. The van der Waals surface area contributed by atoms with E-state index < -0.39 is 12.5 Å². The normalized spacial score (nSPS) is 10.7. The summed E-state index contributed by atoms with van der Waals surface area (Å²) < 4.78 is 30.2. The summed E-state index contributed by atoms with van der Waals surface area (Å²) >= 11 is 0. The average Bonchev–Trinajstić information content (AvgIpc) is 3.05. The molecule has 0 atom stereocenters. The highest BCUT2D eigenvalue weighted by atomic mass is 19.3. The number of alkyl halides is 2. The fourth-order valence-corrected chi connectivity index (χ4v) is 2.53. The Hall–Kier alpha value is -3.82. The molecule has 0 saturated carbocycles. The zero-order valence-electron chi connectivity index (χ0n) is 15.5. The van der Waals surface area contributed by atoms with Crippen molar-refractivity contribution in [3.8, 4) is 11.4 Å². The molecular formula is C19H17F2N5O3. The molecule has 150 valence electrons. The highest BCUT2D eigenvalue weighted by Gasteiger charge is 2.16. The first kappa shape index (κ1) is 19.9. The van der Waals surface area contributed by atoms with Gasteiger partial charge in [-0.3, -0.25) is 9.59 Å². The number of hydrogen-bond donors (Lipinski definition) is 2. The molecule has 2 aromatic carbocycles. The predicted octanol–water partition coefficient (Wildman–Crippen LogP) is 3.39. The Kier molecular flexibility index (Phi) is 5.82. The van der Waals surface area contributed by atoms with Crippen LogP contribution in [0, 0.1) is 6.92 Å². The average molecular weight is 401 g/mol. The van der Waals surface area contributed by atoms with Crippen LogP contribution in [-0.4, -0.2) is 33.2 Å². The quantitative estimate of drug-likeness (QED) is 0.660. The number of carbonyl (C=O) groups excluding carboxylic acids is 2. The number of rotatable bonds is 6. The molecular weight excluding hydrogens is 384 g/mol. The van der Waals surface area contributed by atoms with Gasteiger partial charge in [0, 0.05) is 18.3 Å². The lowest BCUT2D eigenvalue weighted by atomic mass is 10.2. The van der Waals surface area contributed by atoms with Crippen molar-refractivity contribution in [1.82, 2.24) is 14.8 Å². The summed E-state index contributed by atoms with van der Waals surface area (Å²) in [6.07, 6.45) is 0. The molecule has 0 bridgehead atoms. The lowest BCUT2D eigenvalue weighted by Gasteiger charge is -2.06. The van der Waals surface area contributed by atoms with Gasteiger partial charge in [-0.2, -0.15) is 8.78 Å². The van der Waals surface area contributed by atoms with Gasteiger partial charge in [0.05, 0.1) is 5.69 Å². The summed E-state index contributed by atoms with van der Waals surface area (Å²) in [7, 11) is 0. The number of carbonyl (C=O) groups is 2. The van der Waals surface area contributed by atoms with E-state index in [1.807, 2.05) is 0 Å². The van der Waals surface area contributed by atoms with E-state index in [9.17, 15) is 18.4 Å². The molecule has 1 aromatic heterocycles. The molecule has 0 spiro atoms. The highest BCUT2D eigenvalue weighted by Crippen LogP contribution is 2.18. The lowest BCUT2D eigenvalue weighted by molar-refractivity contribution is -0.114. The van der Waals surface area contributed by atoms with Crippen LogP contribution >= 0.6 is 0 Å². The van der Waals surface area contributed by atoms with Gasteiger partial charge in [-0.1, -0.05) is 0 Å². The van der Waals surface area contributed by atoms with E-state index in [0.717, 1.165) is 0 Å². The molecule has 0 fully saturated rings. The predicted molar refractivity (Wildman–Crippen MR) is 101 cm³/mol. The zero-order chi connectivity index (χ0) is 21.0. The molecule has 2 amide bonds. The minimum absolute atomic E-state index is 0.0159. The number of halogens is 2. The topological polar surface area (TPSA) is 98.1 Å². The van der Waals surface area contributed by atoms with Crippen molar-refractivity contribution < 1.29 is 23.1 Å². The number of nitrogens with zero attached hydrogens (tertiary/aromatic N) is 3.